The van der Waals surface area contributed by atoms with Crippen molar-refractivity contribution in [2.45, 2.75) is 51.6 Å². The molecule has 1 N–H and O–H groups in total. The van der Waals surface area contributed by atoms with Gasteiger partial charge in [0.25, 0.3) is 0 Å². The lowest BCUT2D eigenvalue weighted by Crippen LogP contribution is -2.55. The van der Waals surface area contributed by atoms with Crippen LogP contribution in [0.1, 0.15) is 46.0 Å². The Kier molecular flexibility index (Phi) is 2.29. The second-order valence-electron chi connectivity index (χ2n) is 6.03. The molecule has 0 aromatic carbocycles. The zero-order valence-electron chi connectivity index (χ0n) is 10.5. The molecular weight excluding hydrogens is 216 g/mol. The third-order valence-corrected chi connectivity index (χ3v) is 4.84. The molecule has 0 aromatic rings. The number of aliphatic hydroxyl groups is 1. The minimum Gasteiger partial charge on any atom is -0.512 e. The predicted octanol–water partition coefficient (Wildman–Crippen LogP) is 2.96. The van der Waals surface area contributed by atoms with Gasteiger partial charge in [-0.05, 0) is 43.1 Å². The lowest BCUT2D eigenvalue weighted by molar-refractivity contribution is -0.179. The van der Waals surface area contributed by atoms with Gasteiger partial charge in [0, 0.05) is 6.42 Å². The first-order valence-corrected chi connectivity index (χ1v) is 6.69. The van der Waals surface area contributed by atoms with E-state index in [-0.39, 0.29) is 17.5 Å². The van der Waals surface area contributed by atoms with Crippen LogP contribution in [0.2, 0.25) is 0 Å². The highest BCUT2D eigenvalue weighted by molar-refractivity contribution is 5.72. The van der Waals surface area contributed by atoms with Gasteiger partial charge < -0.3 is 9.84 Å². The molecule has 5 rings (SSSR count). The van der Waals surface area contributed by atoms with E-state index in [0.717, 1.165) is 19.3 Å². The average molecular weight is 236 g/mol. The van der Waals surface area contributed by atoms with Gasteiger partial charge in [0.15, 0.2) is 0 Å². The van der Waals surface area contributed by atoms with Gasteiger partial charge in [0.2, 0.25) is 0 Å². The summed E-state index contributed by atoms with van der Waals surface area (Å²) in [7, 11) is 0. The van der Waals surface area contributed by atoms with Crippen LogP contribution < -0.4 is 0 Å². The summed E-state index contributed by atoms with van der Waals surface area (Å²) in [6.07, 6.45) is 4.42. The molecule has 17 heavy (non-hydrogen) atoms. The first-order chi connectivity index (χ1) is 8.04. The van der Waals surface area contributed by atoms with Crippen molar-refractivity contribution in [1.29, 1.82) is 0 Å². The van der Waals surface area contributed by atoms with Crippen molar-refractivity contribution >= 4 is 5.97 Å². The summed E-state index contributed by atoms with van der Waals surface area (Å²) in [5.41, 5.74) is 0.895. The Morgan fingerprint density at radius 2 is 2.18 bits per heavy atom. The molecule has 3 atom stereocenters. The Labute approximate surface area is 102 Å². The standard InChI is InChI=1S/C14H20O3/c1-3-8(2)13(16)17-14-5-9-4-10(6-14)12(9)11(15)7-14/h8-10,15H,3-7H2,1-2H3. The second kappa shape index (κ2) is 3.50. The molecule has 3 saturated carbocycles. The number of carbonyl (C=O) groups is 1. The monoisotopic (exact) mass is 236 g/mol. The molecule has 5 aliphatic rings. The molecule has 4 bridgehead atoms. The van der Waals surface area contributed by atoms with Crippen molar-refractivity contribution in [3.8, 4) is 0 Å². The summed E-state index contributed by atoms with van der Waals surface area (Å²) in [5.74, 6) is 1.38. The molecule has 0 saturated heterocycles. The van der Waals surface area contributed by atoms with Gasteiger partial charge in [-0.25, -0.2) is 0 Å². The fraction of sp³-hybridized carbons (Fsp3) is 0.786. The van der Waals surface area contributed by atoms with Crippen molar-refractivity contribution < 1.29 is 14.6 Å². The molecule has 0 amide bonds. The maximum Gasteiger partial charge on any atom is 0.309 e. The Balaban J connectivity index is 1.77. The maximum absolute atomic E-state index is 11.9. The van der Waals surface area contributed by atoms with Gasteiger partial charge in [-0.15, -0.1) is 0 Å². The zero-order valence-corrected chi connectivity index (χ0v) is 10.5. The van der Waals surface area contributed by atoms with Crippen molar-refractivity contribution in [1.82, 2.24) is 0 Å². The van der Waals surface area contributed by atoms with Crippen LogP contribution in [0.4, 0.5) is 0 Å². The van der Waals surface area contributed by atoms with E-state index in [1.807, 2.05) is 13.8 Å². The Morgan fingerprint density at radius 3 is 2.71 bits per heavy atom. The summed E-state index contributed by atoms with van der Waals surface area (Å²) >= 11 is 0. The van der Waals surface area contributed by atoms with E-state index >= 15 is 0 Å². The normalized spacial score (nSPS) is 39.9. The summed E-state index contributed by atoms with van der Waals surface area (Å²) in [6.45, 7) is 3.91. The van der Waals surface area contributed by atoms with Crippen molar-refractivity contribution in [2.75, 3.05) is 0 Å². The largest absolute Gasteiger partial charge is 0.512 e. The van der Waals surface area contributed by atoms with Crippen molar-refractivity contribution in [3.63, 3.8) is 0 Å². The van der Waals surface area contributed by atoms with Crippen molar-refractivity contribution in [2.24, 2.45) is 17.8 Å². The molecule has 0 heterocycles. The Morgan fingerprint density at radius 1 is 1.53 bits per heavy atom. The third kappa shape index (κ3) is 1.51. The van der Waals surface area contributed by atoms with E-state index in [0.29, 0.717) is 24.0 Å². The average Bonchev–Trinajstić information content (AvgIpc) is 2.25. The minimum absolute atomic E-state index is 0.0323. The third-order valence-electron chi connectivity index (χ3n) is 4.84. The SMILES string of the molecule is CCC(C)C(=O)OC12CC(O)=C3C(CC3C1)C2. The van der Waals surface area contributed by atoms with Crippen LogP contribution >= 0.6 is 0 Å². The molecule has 3 heteroatoms. The van der Waals surface area contributed by atoms with E-state index in [2.05, 4.69) is 0 Å². The zero-order chi connectivity index (χ0) is 12.2. The number of ether oxygens (including phenoxy) is 1. The van der Waals surface area contributed by atoms with Gasteiger partial charge in [-0.1, -0.05) is 13.8 Å². The quantitative estimate of drug-likeness (QED) is 0.766. The topological polar surface area (TPSA) is 46.5 Å². The molecule has 0 aromatic heterocycles. The van der Waals surface area contributed by atoms with E-state index in [1.54, 1.807) is 0 Å². The fourth-order valence-corrected chi connectivity index (χ4v) is 3.76. The molecule has 0 radical (unpaired) electrons. The van der Waals surface area contributed by atoms with Crippen LogP contribution in [0.3, 0.4) is 0 Å². The number of aliphatic hydroxyl groups excluding tert-OH is 1. The van der Waals surface area contributed by atoms with Crippen molar-refractivity contribution in [3.05, 3.63) is 11.3 Å². The number of hydrogen-bond acceptors (Lipinski definition) is 3. The van der Waals surface area contributed by atoms with Crippen LogP contribution in [0.5, 0.6) is 0 Å². The molecular formula is C14H20O3. The first kappa shape index (κ1) is 11.1. The number of fused-ring (bicyclic) bond motifs is 1. The van der Waals surface area contributed by atoms with Crippen LogP contribution in [0.15, 0.2) is 11.3 Å². The second-order valence-corrected chi connectivity index (χ2v) is 6.03. The summed E-state index contributed by atoms with van der Waals surface area (Å²) in [5, 5.41) is 9.96. The van der Waals surface area contributed by atoms with Crippen LogP contribution in [-0.2, 0) is 9.53 Å². The molecule has 3 nitrogen and oxygen atoms in total. The number of allylic oxidation sites excluding steroid dienone is 1. The van der Waals surface area contributed by atoms with Gasteiger partial charge >= 0.3 is 5.97 Å². The lowest BCUT2D eigenvalue weighted by atomic mass is 9.51. The molecule has 94 valence electrons. The van der Waals surface area contributed by atoms with E-state index in [9.17, 15) is 9.90 Å². The summed E-state index contributed by atoms with van der Waals surface area (Å²) in [4.78, 5) is 11.9. The van der Waals surface area contributed by atoms with Gasteiger partial charge in [0.05, 0.1) is 11.7 Å². The first-order valence-electron chi connectivity index (χ1n) is 6.69. The Hall–Kier alpha value is -0.990. The van der Waals surface area contributed by atoms with Gasteiger partial charge in [-0.3, -0.25) is 4.79 Å². The maximum atomic E-state index is 11.9. The number of rotatable bonds is 3. The van der Waals surface area contributed by atoms with E-state index in [4.69, 9.17) is 4.74 Å². The van der Waals surface area contributed by atoms with Crippen LogP contribution in [-0.4, -0.2) is 16.7 Å². The smallest absolute Gasteiger partial charge is 0.309 e. The molecule has 3 unspecified atom stereocenters. The van der Waals surface area contributed by atoms with Gasteiger partial charge in [-0.2, -0.15) is 0 Å². The molecule has 5 aliphatic carbocycles. The summed E-state index contributed by atoms with van der Waals surface area (Å²) in [6, 6.07) is 0. The van der Waals surface area contributed by atoms with Crippen LogP contribution in [0, 0.1) is 17.8 Å². The fourth-order valence-electron chi connectivity index (χ4n) is 3.76. The highest BCUT2D eigenvalue weighted by Crippen LogP contribution is 2.61. The minimum atomic E-state index is -0.375. The summed E-state index contributed by atoms with van der Waals surface area (Å²) < 4.78 is 5.76. The predicted molar refractivity (Wildman–Crippen MR) is 63.4 cm³/mol. The Bertz CT molecular complexity index is 382. The van der Waals surface area contributed by atoms with E-state index in [1.165, 1.54) is 12.0 Å². The lowest BCUT2D eigenvalue weighted by Gasteiger charge is -2.57. The molecule has 3 fully saturated rings. The highest BCUT2D eigenvalue weighted by Gasteiger charge is 2.58. The molecule has 0 aliphatic heterocycles. The number of carbonyl (C=O) groups excluding carboxylic acids is 1. The number of hydrogen-bond donors (Lipinski definition) is 1. The van der Waals surface area contributed by atoms with Crippen LogP contribution in [0.25, 0.3) is 0 Å². The van der Waals surface area contributed by atoms with E-state index < -0.39 is 0 Å². The highest BCUT2D eigenvalue weighted by atomic mass is 16.6. The van der Waals surface area contributed by atoms with Gasteiger partial charge in [0.1, 0.15) is 5.60 Å². The number of esters is 1. The molecule has 0 spiro atoms.